The summed E-state index contributed by atoms with van der Waals surface area (Å²) in [7, 11) is -9.53. The predicted octanol–water partition coefficient (Wildman–Crippen LogP) is -2.04. The molecule has 84 valence electrons. The normalized spacial score (nSPS) is 18.3. The molecule has 0 aliphatic rings. The Labute approximate surface area is 80.0 Å². The molecule has 0 radical (unpaired) electrons. The molecule has 0 rings (SSSR count). The maximum Gasteiger partial charge on any atom is 0.295 e. The van der Waals surface area contributed by atoms with Gasteiger partial charge in [0, 0.05) is 0 Å². The van der Waals surface area contributed by atoms with E-state index in [0.717, 1.165) is 0 Å². The Morgan fingerprint density at radius 2 is 1.00 bits per heavy atom. The quantitative estimate of drug-likeness (QED) is 0.328. The third-order valence-corrected chi connectivity index (χ3v) is 2.59. The molecule has 2 atom stereocenters. The molecular formula is C4H8O8S2. The Balaban J connectivity index is 4.64. The minimum atomic E-state index is -4.76. The van der Waals surface area contributed by atoms with Crippen LogP contribution >= 0.6 is 0 Å². The average molecular weight is 248 g/mol. The summed E-state index contributed by atoms with van der Waals surface area (Å²) < 4.78 is 57.0. The standard InChI is InChI=1S/C4H8O8S2/c5-3(13(7,8)9)1-2-4(6)14(10,11)12/h1-6H,(H,7,8,9)(H,10,11,12)/b2-1+. The van der Waals surface area contributed by atoms with Crippen LogP contribution in [0, 0.1) is 0 Å². The second-order valence-corrected chi connectivity index (χ2v) is 5.22. The van der Waals surface area contributed by atoms with Crippen molar-refractivity contribution in [2.75, 3.05) is 0 Å². The van der Waals surface area contributed by atoms with Crippen LogP contribution in [0.5, 0.6) is 0 Å². The van der Waals surface area contributed by atoms with Crippen LogP contribution in [0.1, 0.15) is 0 Å². The fourth-order valence-electron chi connectivity index (χ4n) is 0.389. The third kappa shape index (κ3) is 4.64. The molecule has 0 heterocycles. The summed E-state index contributed by atoms with van der Waals surface area (Å²) in [5, 5.41) is 17.2. The highest BCUT2D eigenvalue weighted by molar-refractivity contribution is 7.86. The van der Waals surface area contributed by atoms with Gasteiger partial charge in [-0.05, 0) is 12.2 Å². The van der Waals surface area contributed by atoms with Crippen molar-refractivity contribution in [3.05, 3.63) is 12.2 Å². The van der Waals surface area contributed by atoms with E-state index < -0.39 is 31.1 Å². The van der Waals surface area contributed by atoms with Crippen molar-refractivity contribution in [3.63, 3.8) is 0 Å². The van der Waals surface area contributed by atoms with E-state index in [1.807, 2.05) is 0 Å². The Morgan fingerprint density at radius 1 is 0.786 bits per heavy atom. The van der Waals surface area contributed by atoms with E-state index >= 15 is 0 Å². The van der Waals surface area contributed by atoms with Gasteiger partial charge in [-0.15, -0.1) is 0 Å². The van der Waals surface area contributed by atoms with Gasteiger partial charge in [0.1, 0.15) is 0 Å². The van der Waals surface area contributed by atoms with Gasteiger partial charge in [0.2, 0.25) is 0 Å². The minimum Gasteiger partial charge on any atom is -0.372 e. The molecular weight excluding hydrogens is 240 g/mol. The number of aliphatic hydroxyl groups is 2. The topological polar surface area (TPSA) is 149 Å². The molecule has 0 bridgehead atoms. The van der Waals surface area contributed by atoms with Crippen LogP contribution in [-0.2, 0) is 20.2 Å². The molecule has 0 aliphatic carbocycles. The van der Waals surface area contributed by atoms with Gasteiger partial charge in [-0.25, -0.2) is 0 Å². The van der Waals surface area contributed by atoms with Crippen LogP contribution < -0.4 is 0 Å². The zero-order chi connectivity index (χ0) is 11.6. The lowest BCUT2D eigenvalue weighted by Gasteiger charge is -2.02. The van der Waals surface area contributed by atoms with Gasteiger partial charge >= 0.3 is 0 Å². The fraction of sp³-hybridized carbons (Fsp3) is 0.500. The molecule has 0 saturated heterocycles. The van der Waals surface area contributed by atoms with Crippen molar-refractivity contribution in [1.82, 2.24) is 0 Å². The molecule has 4 N–H and O–H groups in total. The van der Waals surface area contributed by atoms with Crippen molar-refractivity contribution in [2.45, 2.75) is 10.9 Å². The van der Waals surface area contributed by atoms with Crippen molar-refractivity contribution < 1.29 is 36.2 Å². The Hall–Kier alpha value is -0.520. The van der Waals surface area contributed by atoms with E-state index in [1.54, 1.807) is 0 Å². The zero-order valence-corrected chi connectivity index (χ0v) is 8.18. The molecule has 0 aliphatic heterocycles. The highest BCUT2D eigenvalue weighted by Gasteiger charge is 2.19. The largest absolute Gasteiger partial charge is 0.372 e. The van der Waals surface area contributed by atoms with Crippen LogP contribution in [0.4, 0.5) is 0 Å². The molecule has 14 heavy (non-hydrogen) atoms. The van der Waals surface area contributed by atoms with E-state index in [4.69, 9.17) is 19.3 Å². The Kier molecular flexibility index (Phi) is 4.17. The lowest BCUT2D eigenvalue weighted by atomic mass is 10.5. The molecule has 0 spiro atoms. The highest BCUT2D eigenvalue weighted by atomic mass is 32.2. The van der Waals surface area contributed by atoms with Crippen LogP contribution in [-0.4, -0.2) is 47.0 Å². The molecule has 2 unspecified atom stereocenters. The molecule has 0 fully saturated rings. The summed E-state index contributed by atoms with van der Waals surface area (Å²) in [5.41, 5.74) is -4.72. The molecule has 0 aromatic heterocycles. The second-order valence-electron chi connectivity index (χ2n) is 2.20. The van der Waals surface area contributed by atoms with Crippen LogP contribution in [0.2, 0.25) is 0 Å². The van der Waals surface area contributed by atoms with Gasteiger partial charge in [0.05, 0.1) is 0 Å². The fourth-order valence-corrected chi connectivity index (χ4v) is 0.967. The summed E-state index contributed by atoms with van der Waals surface area (Å²) in [6.07, 6.45) is 0.599. The van der Waals surface area contributed by atoms with Crippen molar-refractivity contribution >= 4 is 20.2 Å². The first-order valence-electron chi connectivity index (χ1n) is 3.02. The first kappa shape index (κ1) is 13.5. The minimum absolute atomic E-state index is 0.299. The van der Waals surface area contributed by atoms with Crippen molar-refractivity contribution in [1.29, 1.82) is 0 Å². The van der Waals surface area contributed by atoms with E-state index in [1.165, 1.54) is 0 Å². The van der Waals surface area contributed by atoms with Gasteiger partial charge in [-0.3, -0.25) is 9.11 Å². The predicted molar refractivity (Wildman–Crippen MR) is 44.3 cm³/mol. The van der Waals surface area contributed by atoms with E-state index in [-0.39, 0.29) is 0 Å². The lowest BCUT2D eigenvalue weighted by Crippen LogP contribution is -2.20. The first-order chi connectivity index (χ1) is 6.05. The van der Waals surface area contributed by atoms with Crippen LogP contribution in [0.15, 0.2) is 12.2 Å². The SMILES string of the molecule is O=S(=O)(O)C(O)/C=C/C(O)S(=O)(=O)O. The Bertz CT molecular complexity index is 363. The first-order valence-corrected chi connectivity index (χ1v) is 6.03. The van der Waals surface area contributed by atoms with Gasteiger partial charge in [0.15, 0.2) is 10.9 Å². The molecule has 10 heteroatoms. The van der Waals surface area contributed by atoms with Gasteiger partial charge in [-0.1, -0.05) is 0 Å². The molecule has 8 nitrogen and oxygen atoms in total. The maximum atomic E-state index is 10.2. The average Bonchev–Trinajstić information content (AvgIpc) is 1.95. The molecule has 0 saturated carbocycles. The van der Waals surface area contributed by atoms with Crippen molar-refractivity contribution in [3.8, 4) is 0 Å². The van der Waals surface area contributed by atoms with Crippen LogP contribution in [0.3, 0.4) is 0 Å². The summed E-state index contributed by atoms with van der Waals surface area (Å²) in [6, 6.07) is 0. The summed E-state index contributed by atoms with van der Waals surface area (Å²) in [4.78, 5) is 0. The van der Waals surface area contributed by atoms with Crippen LogP contribution in [0.25, 0.3) is 0 Å². The monoisotopic (exact) mass is 248 g/mol. The lowest BCUT2D eigenvalue weighted by molar-refractivity contribution is 0.262. The van der Waals surface area contributed by atoms with E-state index in [0.29, 0.717) is 12.2 Å². The number of hydrogen-bond acceptors (Lipinski definition) is 6. The summed E-state index contributed by atoms with van der Waals surface area (Å²) in [5.74, 6) is 0. The summed E-state index contributed by atoms with van der Waals surface area (Å²) in [6.45, 7) is 0. The van der Waals surface area contributed by atoms with Gasteiger partial charge in [-0.2, -0.15) is 16.8 Å². The van der Waals surface area contributed by atoms with Crippen molar-refractivity contribution in [2.24, 2.45) is 0 Å². The number of rotatable bonds is 4. The number of aliphatic hydroxyl groups excluding tert-OH is 2. The number of hydrogen-bond donors (Lipinski definition) is 4. The smallest absolute Gasteiger partial charge is 0.295 e. The zero-order valence-electron chi connectivity index (χ0n) is 6.55. The molecule has 0 aromatic rings. The van der Waals surface area contributed by atoms with E-state index in [9.17, 15) is 16.8 Å². The Morgan fingerprint density at radius 3 is 1.14 bits per heavy atom. The third-order valence-electron chi connectivity index (χ3n) is 1.05. The highest BCUT2D eigenvalue weighted by Crippen LogP contribution is 2.00. The second kappa shape index (κ2) is 4.33. The maximum absolute atomic E-state index is 10.2. The summed E-state index contributed by atoms with van der Waals surface area (Å²) >= 11 is 0. The van der Waals surface area contributed by atoms with Gasteiger partial charge in [0.25, 0.3) is 20.2 Å². The van der Waals surface area contributed by atoms with Gasteiger partial charge < -0.3 is 10.2 Å². The molecule has 0 aromatic carbocycles. The molecule has 0 amide bonds. The van der Waals surface area contributed by atoms with E-state index in [2.05, 4.69) is 0 Å².